The lowest BCUT2D eigenvalue weighted by Crippen LogP contribution is -2.19. The van der Waals surface area contributed by atoms with E-state index in [4.69, 9.17) is 0 Å². The van der Waals surface area contributed by atoms with Crippen molar-refractivity contribution in [2.45, 2.75) is 26.8 Å². The van der Waals surface area contributed by atoms with Crippen molar-refractivity contribution in [1.82, 2.24) is 9.78 Å². The first-order chi connectivity index (χ1) is 7.61. The highest BCUT2D eigenvalue weighted by atomic mass is 16.1. The van der Waals surface area contributed by atoms with Crippen molar-refractivity contribution in [3.63, 3.8) is 0 Å². The molecule has 0 spiro atoms. The molecule has 84 valence electrons. The lowest BCUT2D eigenvalue weighted by molar-refractivity contribution is -0.114. The van der Waals surface area contributed by atoms with E-state index in [1.54, 1.807) is 10.7 Å². The second-order valence-electron chi connectivity index (χ2n) is 3.71. The third-order valence-electron chi connectivity index (χ3n) is 2.55. The Morgan fingerprint density at radius 1 is 1.62 bits per heavy atom. The monoisotopic (exact) mass is 219 g/mol. The number of ketones is 1. The van der Waals surface area contributed by atoms with Crippen LogP contribution in [0.2, 0.25) is 0 Å². The van der Waals surface area contributed by atoms with Gasteiger partial charge in [-0.25, -0.2) is 0 Å². The first-order valence-electron chi connectivity index (χ1n) is 5.17. The summed E-state index contributed by atoms with van der Waals surface area (Å²) in [5.41, 5.74) is 1.35. The molecule has 1 aromatic heterocycles. The quantitative estimate of drug-likeness (QED) is 0.725. The molecule has 0 atom stereocenters. The van der Waals surface area contributed by atoms with Gasteiger partial charge in [0, 0.05) is 19.5 Å². The summed E-state index contributed by atoms with van der Waals surface area (Å²) in [7, 11) is 0. The molecule has 0 aromatic carbocycles. The van der Waals surface area contributed by atoms with Crippen LogP contribution < -0.4 is 5.32 Å². The number of hydrogen-bond donors (Lipinski definition) is 1. The van der Waals surface area contributed by atoms with Gasteiger partial charge in [-0.3, -0.25) is 14.3 Å². The number of aryl methyl sites for hydroxylation is 1. The number of nitrogens with zero attached hydrogens (tertiary/aromatic N) is 2. The molecule has 0 bridgehead atoms. The van der Waals surface area contributed by atoms with E-state index in [-0.39, 0.29) is 11.7 Å². The number of nitrogens with one attached hydrogen (secondary N) is 1. The number of carbonyl (C=O) groups is 2. The first-order valence-corrected chi connectivity index (χ1v) is 5.17. The lowest BCUT2D eigenvalue weighted by atomic mass is 10.0. The number of carbonyl (C=O) groups excluding carboxylic acids is 2. The molecule has 0 aliphatic carbocycles. The predicted molar refractivity (Wildman–Crippen MR) is 59.2 cm³/mol. The molecule has 0 saturated heterocycles. The van der Waals surface area contributed by atoms with Gasteiger partial charge in [-0.15, -0.1) is 0 Å². The van der Waals surface area contributed by atoms with Crippen LogP contribution in [0.25, 0.3) is 0 Å². The number of hydrogen-bond acceptors (Lipinski definition) is 3. The Morgan fingerprint density at radius 2 is 2.38 bits per heavy atom. The van der Waals surface area contributed by atoms with Crippen LogP contribution in [-0.4, -0.2) is 21.5 Å². The number of amides is 1. The van der Waals surface area contributed by atoms with Crippen molar-refractivity contribution in [2.24, 2.45) is 0 Å². The Balaban J connectivity index is 2.35. The number of Topliss-reactive ketones (excluding diaryl/α,β-unsaturated/α-hetero) is 1. The largest absolute Gasteiger partial charge is 0.309 e. The molecule has 2 rings (SSSR count). The Kier molecular flexibility index (Phi) is 2.60. The zero-order valence-corrected chi connectivity index (χ0v) is 9.28. The van der Waals surface area contributed by atoms with Crippen molar-refractivity contribution in [3.8, 4) is 0 Å². The summed E-state index contributed by atoms with van der Waals surface area (Å²) in [6, 6.07) is 1.62. The van der Waals surface area contributed by atoms with E-state index in [0.717, 1.165) is 5.57 Å². The summed E-state index contributed by atoms with van der Waals surface area (Å²) in [4.78, 5) is 22.8. The molecule has 1 aliphatic rings. The van der Waals surface area contributed by atoms with Crippen LogP contribution in [-0.2, 0) is 11.3 Å². The maximum absolute atomic E-state index is 11.9. The van der Waals surface area contributed by atoms with Gasteiger partial charge in [-0.1, -0.05) is 6.08 Å². The van der Waals surface area contributed by atoms with E-state index >= 15 is 0 Å². The average Bonchev–Trinajstić information content (AvgIpc) is 2.61. The minimum absolute atomic E-state index is 0.00199. The number of fused-ring (bicyclic) bond motifs is 1. The molecule has 0 saturated carbocycles. The van der Waals surface area contributed by atoms with E-state index < -0.39 is 0 Å². The third kappa shape index (κ3) is 1.76. The molecule has 5 heteroatoms. The smallest absolute Gasteiger partial charge is 0.222 e. The highest BCUT2D eigenvalue weighted by molar-refractivity contribution is 6.08. The molecular weight excluding hydrogens is 206 g/mol. The van der Waals surface area contributed by atoms with Gasteiger partial charge in [-0.05, 0) is 18.9 Å². The summed E-state index contributed by atoms with van der Waals surface area (Å²) < 4.78 is 1.64. The number of anilines is 1. The van der Waals surface area contributed by atoms with Crippen LogP contribution >= 0.6 is 0 Å². The SMILES string of the molecule is C/C=C1/CCn2nc(NC(C)=O)cc2C1=O. The van der Waals surface area contributed by atoms with Crippen LogP contribution in [0.15, 0.2) is 17.7 Å². The van der Waals surface area contributed by atoms with Gasteiger partial charge in [0.25, 0.3) is 0 Å². The van der Waals surface area contributed by atoms with E-state index in [1.165, 1.54) is 6.92 Å². The van der Waals surface area contributed by atoms with Gasteiger partial charge in [0.15, 0.2) is 5.82 Å². The zero-order chi connectivity index (χ0) is 11.7. The van der Waals surface area contributed by atoms with Crippen molar-refractivity contribution < 1.29 is 9.59 Å². The molecule has 0 radical (unpaired) electrons. The van der Waals surface area contributed by atoms with Gasteiger partial charge in [0.05, 0.1) is 0 Å². The van der Waals surface area contributed by atoms with Crippen molar-refractivity contribution in [2.75, 3.05) is 5.32 Å². The number of allylic oxidation sites excluding steroid dienone is 2. The lowest BCUT2D eigenvalue weighted by Gasteiger charge is -2.14. The van der Waals surface area contributed by atoms with Crippen molar-refractivity contribution in [3.05, 3.63) is 23.4 Å². The summed E-state index contributed by atoms with van der Waals surface area (Å²) in [6.07, 6.45) is 2.53. The minimum atomic E-state index is -0.186. The first kappa shape index (κ1) is 10.6. The molecule has 5 nitrogen and oxygen atoms in total. The Labute approximate surface area is 93.1 Å². The standard InChI is InChI=1S/C11H13N3O2/c1-3-8-4-5-14-9(11(8)16)6-10(13-14)12-7(2)15/h3,6H,4-5H2,1-2H3,(H,12,13,15)/b8-3-. The van der Waals surface area contributed by atoms with Crippen molar-refractivity contribution >= 4 is 17.5 Å². The molecule has 16 heavy (non-hydrogen) atoms. The van der Waals surface area contributed by atoms with Gasteiger partial charge in [0.2, 0.25) is 11.7 Å². The zero-order valence-electron chi connectivity index (χ0n) is 9.28. The summed E-state index contributed by atoms with van der Waals surface area (Å²) >= 11 is 0. The molecule has 0 fully saturated rings. The molecule has 2 heterocycles. The van der Waals surface area contributed by atoms with Crippen LogP contribution in [0, 0.1) is 0 Å². The van der Waals surface area contributed by atoms with Gasteiger partial charge < -0.3 is 5.32 Å². The highest BCUT2D eigenvalue weighted by Gasteiger charge is 2.23. The molecule has 1 aromatic rings. The fourth-order valence-electron chi connectivity index (χ4n) is 1.79. The number of rotatable bonds is 1. The Hall–Kier alpha value is -1.91. The Morgan fingerprint density at radius 3 is 3.00 bits per heavy atom. The highest BCUT2D eigenvalue weighted by Crippen LogP contribution is 2.21. The van der Waals surface area contributed by atoms with Gasteiger partial charge in [0.1, 0.15) is 5.69 Å². The minimum Gasteiger partial charge on any atom is -0.309 e. The maximum Gasteiger partial charge on any atom is 0.222 e. The van der Waals surface area contributed by atoms with Crippen LogP contribution in [0.5, 0.6) is 0 Å². The van der Waals surface area contributed by atoms with E-state index in [0.29, 0.717) is 24.5 Å². The van der Waals surface area contributed by atoms with Gasteiger partial charge >= 0.3 is 0 Å². The predicted octanol–water partition coefficient (Wildman–Crippen LogP) is 1.37. The summed E-state index contributed by atoms with van der Waals surface area (Å²) in [5.74, 6) is 0.250. The van der Waals surface area contributed by atoms with Crippen molar-refractivity contribution in [1.29, 1.82) is 0 Å². The van der Waals surface area contributed by atoms with Crippen LogP contribution in [0.1, 0.15) is 30.8 Å². The Bertz CT molecular complexity index is 485. The molecule has 1 aliphatic heterocycles. The van der Waals surface area contributed by atoms with Gasteiger partial charge in [-0.2, -0.15) is 5.10 Å². The van der Waals surface area contributed by atoms with Crippen LogP contribution in [0.3, 0.4) is 0 Å². The third-order valence-corrected chi connectivity index (χ3v) is 2.55. The fourth-order valence-corrected chi connectivity index (χ4v) is 1.79. The molecular formula is C11H13N3O2. The van der Waals surface area contributed by atoms with Crippen LogP contribution in [0.4, 0.5) is 5.82 Å². The van der Waals surface area contributed by atoms with E-state index in [2.05, 4.69) is 10.4 Å². The second-order valence-corrected chi connectivity index (χ2v) is 3.71. The molecule has 1 amide bonds. The second kappa shape index (κ2) is 3.92. The maximum atomic E-state index is 11.9. The topological polar surface area (TPSA) is 64.0 Å². The molecule has 0 unspecified atom stereocenters. The average molecular weight is 219 g/mol. The normalized spacial score (nSPS) is 17.4. The fraction of sp³-hybridized carbons (Fsp3) is 0.364. The summed E-state index contributed by atoms with van der Waals surface area (Å²) in [5, 5.41) is 6.72. The van der Waals surface area contributed by atoms with E-state index in [9.17, 15) is 9.59 Å². The number of aromatic nitrogens is 2. The van der Waals surface area contributed by atoms with E-state index in [1.807, 2.05) is 13.0 Å². The molecule has 1 N–H and O–H groups in total. The summed E-state index contributed by atoms with van der Waals surface area (Å²) in [6.45, 7) is 3.95.